The monoisotopic (exact) mass is 476 g/mol. The Balaban J connectivity index is 1.54. The topological polar surface area (TPSA) is 78.3 Å². The van der Waals surface area contributed by atoms with Crippen LogP contribution in [0.25, 0.3) is 16.9 Å². The summed E-state index contributed by atoms with van der Waals surface area (Å²) >= 11 is 1.69. The number of benzene rings is 2. The van der Waals surface area contributed by atoms with Crippen LogP contribution >= 0.6 is 11.3 Å². The van der Waals surface area contributed by atoms with E-state index in [1.807, 2.05) is 49.4 Å². The highest BCUT2D eigenvalue weighted by molar-refractivity contribution is 7.09. The van der Waals surface area contributed by atoms with Crippen molar-refractivity contribution < 1.29 is 14.3 Å². The summed E-state index contributed by atoms with van der Waals surface area (Å²) in [4.78, 5) is 17.7. The summed E-state index contributed by atoms with van der Waals surface area (Å²) in [5, 5.41) is 11.0. The number of hydrogen-bond donors (Lipinski definition) is 1. The van der Waals surface area contributed by atoms with Crippen LogP contribution in [0.2, 0.25) is 0 Å². The van der Waals surface area contributed by atoms with E-state index in [2.05, 4.69) is 15.7 Å². The molecule has 7 nitrogen and oxygen atoms in total. The number of aryl methyl sites for hydroxylation is 2. The maximum Gasteiger partial charge on any atom is 0.255 e. The summed E-state index contributed by atoms with van der Waals surface area (Å²) in [6, 6.07) is 15.2. The van der Waals surface area contributed by atoms with Gasteiger partial charge in [0.05, 0.1) is 30.5 Å². The molecule has 0 fully saturated rings. The number of methoxy groups -OCH3 is 2. The lowest BCUT2D eigenvalue weighted by Crippen LogP contribution is -2.24. The third-order valence-corrected chi connectivity index (χ3v) is 6.44. The molecule has 1 amide bonds. The molecule has 0 bridgehead atoms. The van der Waals surface area contributed by atoms with Gasteiger partial charge in [-0.25, -0.2) is 9.67 Å². The first-order valence-electron chi connectivity index (χ1n) is 11.2. The van der Waals surface area contributed by atoms with E-state index in [4.69, 9.17) is 14.6 Å². The van der Waals surface area contributed by atoms with Crippen molar-refractivity contribution in [2.75, 3.05) is 20.8 Å². The van der Waals surface area contributed by atoms with Gasteiger partial charge in [-0.2, -0.15) is 5.10 Å². The number of nitrogens with zero attached hydrogens (tertiary/aromatic N) is 3. The average molecular weight is 477 g/mol. The minimum Gasteiger partial charge on any atom is -0.497 e. The average Bonchev–Trinajstić information content (AvgIpc) is 3.50. The number of carbonyl (C=O) groups is 1. The first kappa shape index (κ1) is 23.5. The molecule has 2 heterocycles. The Morgan fingerprint density at radius 1 is 1.09 bits per heavy atom. The van der Waals surface area contributed by atoms with Crippen LogP contribution < -0.4 is 14.8 Å². The van der Waals surface area contributed by atoms with E-state index in [0.717, 1.165) is 41.2 Å². The Morgan fingerprint density at radius 2 is 1.91 bits per heavy atom. The second-order valence-corrected chi connectivity index (χ2v) is 8.78. The minimum atomic E-state index is -0.167. The molecule has 176 valence electrons. The summed E-state index contributed by atoms with van der Waals surface area (Å²) in [6.45, 7) is 2.59. The lowest BCUT2D eigenvalue weighted by Gasteiger charge is -2.10. The molecule has 0 unspecified atom stereocenters. The molecule has 4 rings (SSSR count). The molecule has 2 aromatic carbocycles. The molecule has 0 aliphatic carbocycles. The number of amides is 1. The van der Waals surface area contributed by atoms with Crippen LogP contribution in [0, 0.1) is 6.92 Å². The highest BCUT2D eigenvalue weighted by Gasteiger charge is 2.21. The number of carbonyl (C=O) groups excluding carboxylic acids is 1. The number of nitrogens with one attached hydrogen (secondary N) is 1. The molecular formula is C26H28N4O3S. The van der Waals surface area contributed by atoms with Crippen LogP contribution in [-0.2, 0) is 6.42 Å². The third kappa shape index (κ3) is 5.46. The van der Waals surface area contributed by atoms with Crippen molar-refractivity contribution in [3.8, 4) is 28.4 Å². The Kier molecular flexibility index (Phi) is 7.59. The van der Waals surface area contributed by atoms with Crippen LogP contribution in [0.3, 0.4) is 0 Å². The van der Waals surface area contributed by atoms with Gasteiger partial charge in [0.1, 0.15) is 17.2 Å². The summed E-state index contributed by atoms with van der Waals surface area (Å²) in [7, 11) is 3.20. The lowest BCUT2D eigenvalue weighted by atomic mass is 10.1. The molecule has 0 radical (unpaired) electrons. The van der Waals surface area contributed by atoms with Crippen LogP contribution in [0.15, 0.2) is 60.1 Å². The molecule has 0 aliphatic rings. The van der Waals surface area contributed by atoms with Crippen molar-refractivity contribution in [1.29, 1.82) is 0 Å². The van der Waals surface area contributed by atoms with Crippen LogP contribution in [0.1, 0.15) is 33.9 Å². The molecule has 0 saturated heterocycles. The molecule has 2 aromatic heterocycles. The van der Waals surface area contributed by atoms with Crippen LogP contribution in [0.5, 0.6) is 11.5 Å². The van der Waals surface area contributed by atoms with Gasteiger partial charge in [-0.05, 0) is 50.5 Å². The van der Waals surface area contributed by atoms with E-state index in [0.29, 0.717) is 29.3 Å². The van der Waals surface area contributed by atoms with E-state index in [1.54, 1.807) is 42.5 Å². The Labute approximate surface area is 203 Å². The smallest absolute Gasteiger partial charge is 0.255 e. The van der Waals surface area contributed by atoms with Gasteiger partial charge in [0.2, 0.25) is 0 Å². The van der Waals surface area contributed by atoms with Crippen molar-refractivity contribution in [3.05, 3.63) is 76.4 Å². The number of hydrogen-bond acceptors (Lipinski definition) is 6. The van der Waals surface area contributed by atoms with Crippen LogP contribution in [0.4, 0.5) is 0 Å². The number of ether oxygens (including phenoxy) is 2. The van der Waals surface area contributed by atoms with Crippen molar-refractivity contribution in [2.45, 2.75) is 26.2 Å². The third-order valence-electron chi connectivity index (χ3n) is 5.41. The molecule has 8 heteroatoms. The van der Waals surface area contributed by atoms with E-state index in [9.17, 15) is 4.79 Å². The fourth-order valence-electron chi connectivity index (χ4n) is 3.66. The van der Waals surface area contributed by atoms with Gasteiger partial charge in [-0.1, -0.05) is 18.2 Å². The first-order valence-corrected chi connectivity index (χ1v) is 12.0. The zero-order valence-corrected chi connectivity index (χ0v) is 20.4. The van der Waals surface area contributed by atoms with Crippen LogP contribution in [-0.4, -0.2) is 41.4 Å². The molecule has 0 saturated carbocycles. The zero-order valence-electron chi connectivity index (χ0n) is 19.6. The van der Waals surface area contributed by atoms with E-state index in [1.165, 1.54) is 0 Å². The SMILES string of the molecule is COc1ccc(-c2nn(-c3ccccc3)cc2C(=O)NCCCCc2nc(C)cs2)c(OC)c1. The molecule has 0 spiro atoms. The predicted molar refractivity (Wildman–Crippen MR) is 134 cm³/mol. The molecule has 0 atom stereocenters. The quantitative estimate of drug-likeness (QED) is 0.323. The Morgan fingerprint density at radius 3 is 2.62 bits per heavy atom. The lowest BCUT2D eigenvalue weighted by molar-refractivity contribution is 0.0953. The molecule has 1 N–H and O–H groups in total. The number of rotatable bonds is 10. The summed E-state index contributed by atoms with van der Waals surface area (Å²) in [5.74, 6) is 1.09. The zero-order chi connectivity index (χ0) is 23.9. The summed E-state index contributed by atoms with van der Waals surface area (Å²) in [6.07, 6.45) is 4.53. The van der Waals surface area contributed by atoms with Gasteiger partial charge in [-0.15, -0.1) is 11.3 Å². The fourth-order valence-corrected chi connectivity index (χ4v) is 4.48. The molecular weight excluding hydrogens is 448 g/mol. The number of thiazole rings is 1. The number of para-hydroxylation sites is 1. The number of unbranched alkanes of at least 4 members (excludes halogenated alkanes) is 1. The van der Waals surface area contributed by atoms with Gasteiger partial charge < -0.3 is 14.8 Å². The molecule has 34 heavy (non-hydrogen) atoms. The molecule has 0 aliphatic heterocycles. The van der Waals surface area contributed by atoms with Crippen molar-refractivity contribution in [3.63, 3.8) is 0 Å². The van der Waals surface area contributed by atoms with E-state index < -0.39 is 0 Å². The maximum atomic E-state index is 13.2. The van der Waals surface area contributed by atoms with Gasteiger partial charge in [0, 0.05) is 35.4 Å². The predicted octanol–water partition coefficient (Wildman–Crippen LogP) is 5.07. The highest BCUT2D eigenvalue weighted by Crippen LogP contribution is 2.34. The van der Waals surface area contributed by atoms with Gasteiger partial charge >= 0.3 is 0 Å². The van der Waals surface area contributed by atoms with Gasteiger partial charge in [0.25, 0.3) is 5.91 Å². The van der Waals surface area contributed by atoms with Crippen molar-refractivity contribution >= 4 is 17.2 Å². The summed E-state index contributed by atoms with van der Waals surface area (Å²) < 4.78 is 12.6. The Hall–Kier alpha value is -3.65. The normalized spacial score (nSPS) is 10.8. The first-order chi connectivity index (χ1) is 16.6. The van der Waals surface area contributed by atoms with Gasteiger partial charge in [0.15, 0.2) is 0 Å². The Bertz CT molecular complexity index is 1250. The maximum absolute atomic E-state index is 13.2. The second-order valence-electron chi connectivity index (χ2n) is 7.83. The number of aromatic nitrogens is 3. The standard InChI is InChI=1S/C26H28N4O3S/c1-18-17-34-24(28-18)11-7-8-14-27-26(31)22-16-30(19-9-5-4-6-10-19)29-25(22)21-13-12-20(32-2)15-23(21)33-3/h4-6,9-10,12-13,15-17H,7-8,11,14H2,1-3H3,(H,27,31). The summed E-state index contributed by atoms with van der Waals surface area (Å²) in [5.41, 5.74) is 3.70. The largest absolute Gasteiger partial charge is 0.497 e. The van der Waals surface area contributed by atoms with E-state index >= 15 is 0 Å². The van der Waals surface area contributed by atoms with Gasteiger partial charge in [-0.3, -0.25) is 4.79 Å². The highest BCUT2D eigenvalue weighted by atomic mass is 32.1. The van der Waals surface area contributed by atoms with Crippen molar-refractivity contribution in [2.24, 2.45) is 0 Å². The second kappa shape index (κ2) is 11.0. The minimum absolute atomic E-state index is 0.167. The van der Waals surface area contributed by atoms with E-state index in [-0.39, 0.29) is 5.91 Å². The molecule has 4 aromatic rings. The van der Waals surface area contributed by atoms with Crippen molar-refractivity contribution in [1.82, 2.24) is 20.1 Å². The fraction of sp³-hybridized carbons (Fsp3) is 0.269.